The molecule has 12 nitrogen and oxygen atoms in total. The Morgan fingerprint density at radius 1 is 0.759 bits per heavy atom. The van der Waals surface area contributed by atoms with Gasteiger partial charge in [0.2, 0.25) is 23.6 Å². The van der Waals surface area contributed by atoms with E-state index in [0.717, 1.165) is 53.3 Å². The molecule has 2 rings (SSSR count). The van der Waals surface area contributed by atoms with Crippen molar-refractivity contribution in [2.24, 2.45) is 10.7 Å². The molecule has 12 heteroatoms. The summed E-state index contributed by atoms with van der Waals surface area (Å²) >= 11 is 0. The maximum absolute atomic E-state index is 13.4. The Hall–Kier alpha value is -5.36. The van der Waals surface area contributed by atoms with Gasteiger partial charge >= 0.3 is 0 Å². The third-order valence-corrected chi connectivity index (χ3v) is 9.21. The quantitative estimate of drug-likeness (QED) is 0.0805. The Morgan fingerprint density at radius 3 is 1.69 bits per heavy atom. The molecule has 3 atom stereocenters. The van der Waals surface area contributed by atoms with Crippen molar-refractivity contribution in [1.29, 1.82) is 0 Å². The lowest BCUT2D eigenvalue weighted by Crippen LogP contribution is -2.52. The van der Waals surface area contributed by atoms with Crippen molar-refractivity contribution in [1.82, 2.24) is 21.3 Å². The number of carbonyl (C=O) groups excluding carboxylic acids is 4. The fourth-order valence-corrected chi connectivity index (χ4v) is 5.73. The average molecular weight is 803 g/mol. The summed E-state index contributed by atoms with van der Waals surface area (Å²) in [6.07, 6.45) is 11.6. The van der Waals surface area contributed by atoms with Gasteiger partial charge in [0.25, 0.3) is 5.97 Å². The number of carboxylic acids is 1. The van der Waals surface area contributed by atoms with Crippen LogP contribution < -0.4 is 27.0 Å². The van der Waals surface area contributed by atoms with E-state index >= 15 is 0 Å². The first-order valence-electron chi connectivity index (χ1n) is 20.2. The summed E-state index contributed by atoms with van der Waals surface area (Å²) in [6, 6.07) is 14.2. The number of carbonyl (C=O) groups is 5. The monoisotopic (exact) mass is 803 g/mol. The van der Waals surface area contributed by atoms with E-state index in [1.165, 1.54) is 19.0 Å². The summed E-state index contributed by atoms with van der Waals surface area (Å²) in [5, 5.41) is 18.2. The Kier molecular flexibility index (Phi) is 27.1. The van der Waals surface area contributed by atoms with Gasteiger partial charge in [0, 0.05) is 38.7 Å². The van der Waals surface area contributed by atoms with Crippen molar-refractivity contribution in [3.05, 3.63) is 94.7 Å². The molecule has 58 heavy (non-hydrogen) atoms. The second-order valence-corrected chi connectivity index (χ2v) is 14.0. The molecule has 0 aliphatic rings. The lowest BCUT2D eigenvalue weighted by atomic mass is 9.87. The Morgan fingerprint density at radius 2 is 1.24 bits per heavy atom. The molecule has 4 amide bonds. The first-order chi connectivity index (χ1) is 27.5. The lowest BCUT2D eigenvalue weighted by Gasteiger charge is -2.23. The van der Waals surface area contributed by atoms with Gasteiger partial charge in [-0.2, -0.15) is 0 Å². The standard InChI is InChI=1S/C36H51N5O4.C8H15N.C2H4O2/c1-8-24(6)28-16-12-14-18-30(28)26(10-3)19-31(35(44)38-7)41-34(43)22-39-36(45)32(40-33(42)21-37)20-25(9-2)29-17-13-11-15-27(29)23(4)5;1-4-6-7-9-8(3)5-2;1-2(3)4/h9-18,23-24,31-32H,8,19-22,37H2,1-7H3,(H,38,44)(H,39,45)(H,40,42)(H,41,43);5,7H,4,6H2,1-3H3;1H3,(H,3,4)/b25-9-,26-10-;8-5-,9-7?;. The SMILES string of the molecule is C/C=C(/C)N=CCCC.C/C=C(/CC(NC(=O)CN)C(=O)NCC(=O)NC(C/C(=C/C)c1ccccc1C(C)CC)C(=O)NC)c1ccccc1C(C)C.CC(=O)O. The molecule has 0 aliphatic carbocycles. The normalized spacial score (nSPS) is 13.2. The van der Waals surface area contributed by atoms with E-state index in [4.69, 9.17) is 15.6 Å². The number of hydrogen-bond acceptors (Lipinski definition) is 7. The fraction of sp³-hybridized carbons (Fsp3) is 0.478. The van der Waals surface area contributed by atoms with E-state index < -0.39 is 35.8 Å². The van der Waals surface area contributed by atoms with Crippen molar-refractivity contribution >= 4 is 47.0 Å². The lowest BCUT2D eigenvalue weighted by molar-refractivity contribution is -0.134. The Labute approximate surface area is 347 Å². The van der Waals surface area contributed by atoms with Gasteiger partial charge < -0.3 is 32.1 Å². The van der Waals surface area contributed by atoms with Crippen molar-refractivity contribution in [2.75, 3.05) is 20.1 Å². The molecule has 320 valence electrons. The number of allylic oxidation sites excluding steroid dienone is 4. The van der Waals surface area contributed by atoms with Gasteiger partial charge in [-0.05, 0) is 85.8 Å². The van der Waals surface area contributed by atoms with Crippen LogP contribution in [-0.4, -0.2) is 73.1 Å². The van der Waals surface area contributed by atoms with Crippen LogP contribution in [0, 0.1) is 0 Å². The zero-order valence-electron chi connectivity index (χ0n) is 36.7. The second-order valence-electron chi connectivity index (χ2n) is 14.0. The first kappa shape index (κ1) is 52.6. The van der Waals surface area contributed by atoms with Gasteiger partial charge in [-0.1, -0.05) is 108 Å². The maximum Gasteiger partial charge on any atom is 0.300 e. The van der Waals surface area contributed by atoms with Crippen LogP contribution >= 0.6 is 0 Å². The van der Waals surface area contributed by atoms with Crippen LogP contribution in [0.15, 0.2) is 77.4 Å². The highest BCUT2D eigenvalue weighted by Crippen LogP contribution is 2.31. The summed E-state index contributed by atoms with van der Waals surface area (Å²) in [7, 11) is 1.52. The van der Waals surface area contributed by atoms with Crippen LogP contribution in [0.3, 0.4) is 0 Å². The van der Waals surface area contributed by atoms with E-state index in [1.54, 1.807) is 0 Å². The average Bonchev–Trinajstić information content (AvgIpc) is 3.22. The maximum atomic E-state index is 13.4. The predicted octanol–water partition coefficient (Wildman–Crippen LogP) is 7.27. The molecule has 2 aromatic carbocycles. The molecule has 0 spiro atoms. The summed E-state index contributed by atoms with van der Waals surface area (Å²) in [5.41, 5.74) is 12.8. The summed E-state index contributed by atoms with van der Waals surface area (Å²) in [6.45, 7) is 18.9. The number of carboxylic acid groups (broad SMARTS) is 1. The Balaban J connectivity index is 0.00000214. The summed E-state index contributed by atoms with van der Waals surface area (Å²) < 4.78 is 0. The van der Waals surface area contributed by atoms with E-state index in [0.29, 0.717) is 5.92 Å². The van der Waals surface area contributed by atoms with Crippen molar-refractivity contribution in [3.8, 4) is 0 Å². The molecule has 0 aromatic heterocycles. The minimum absolute atomic E-state index is 0.209. The van der Waals surface area contributed by atoms with Crippen molar-refractivity contribution in [3.63, 3.8) is 0 Å². The molecule has 0 aliphatic heterocycles. The van der Waals surface area contributed by atoms with Crippen LogP contribution in [0.5, 0.6) is 0 Å². The van der Waals surface area contributed by atoms with E-state index in [2.05, 4.69) is 66.9 Å². The molecule has 3 unspecified atom stereocenters. The molecular formula is C46H70N6O6. The molecule has 0 saturated carbocycles. The minimum Gasteiger partial charge on any atom is -0.481 e. The van der Waals surface area contributed by atoms with Crippen LogP contribution in [0.25, 0.3) is 11.1 Å². The number of nitrogens with zero attached hydrogens (tertiary/aromatic N) is 1. The number of nitrogens with two attached hydrogens (primary N) is 1. The van der Waals surface area contributed by atoms with Crippen LogP contribution in [-0.2, 0) is 24.0 Å². The number of rotatable bonds is 19. The van der Waals surface area contributed by atoms with Crippen LogP contribution in [0.4, 0.5) is 0 Å². The molecule has 0 radical (unpaired) electrons. The summed E-state index contributed by atoms with van der Waals surface area (Å²) in [4.78, 5) is 64.7. The molecular weight excluding hydrogens is 733 g/mol. The van der Waals surface area contributed by atoms with Gasteiger partial charge in [-0.3, -0.25) is 29.0 Å². The van der Waals surface area contributed by atoms with Gasteiger partial charge in [-0.25, -0.2) is 0 Å². The number of nitrogens with one attached hydrogen (secondary N) is 4. The highest BCUT2D eigenvalue weighted by Gasteiger charge is 2.26. The molecule has 0 fully saturated rings. The zero-order chi connectivity index (χ0) is 44.2. The van der Waals surface area contributed by atoms with Gasteiger partial charge in [0.15, 0.2) is 0 Å². The number of likely N-dealkylation sites (N-methyl/N-ethyl adjacent to an activating group) is 1. The third kappa shape index (κ3) is 20.2. The fourth-order valence-electron chi connectivity index (χ4n) is 5.73. The van der Waals surface area contributed by atoms with E-state index in [9.17, 15) is 19.2 Å². The number of aliphatic imine (C=N–C) groups is 1. The zero-order valence-corrected chi connectivity index (χ0v) is 36.7. The third-order valence-electron chi connectivity index (χ3n) is 9.21. The summed E-state index contributed by atoms with van der Waals surface area (Å²) in [5.74, 6) is -2.13. The minimum atomic E-state index is -0.957. The van der Waals surface area contributed by atoms with Gasteiger partial charge in [0.05, 0.1) is 13.1 Å². The highest BCUT2D eigenvalue weighted by atomic mass is 16.4. The largest absolute Gasteiger partial charge is 0.481 e. The van der Waals surface area contributed by atoms with Crippen molar-refractivity contribution < 1.29 is 29.1 Å². The first-order valence-corrected chi connectivity index (χ1v) is 20.2. The van der Waals surface area contributed by atoms with E-state index in [1.807, 2.05) is 94.6 Å². The van der Waals surface area contributed by atoms with Gasteiger partial charge in [0.1, 0.15) is 12.1 Å². The molecule has 2 aromatic rings. The molecule has 0 heterocycles. The number of amides is 4. The molecule has 0 bridgehead atoms. The smallest absolute Gasteiger partial charge is 0.300 e. The number of unbranched alkanes of at least 4 members (excludes halogenated alkanes) is 1. The van der Waals surface area contributed by atoms with Crippen molar-refractivity contribution in [2.45, 2.75) is 125 Å². The number of benzene rings is 2. The number of aliphatic carboxylic acids is 1. The predicted molar refractivity (Wildman–Crippen MR) is 238 cm³/mol. The van der Waals surface area contributed by atoms with Crippen LogP contribution in [0.1, 0.15) is 135 Å². The highest BCUT2D eigenvalue weighted by molar-refractivity contribution is 5.94. The second kappa shape index (κ2) is 29.8. The van der Waals surface area contributed by atoms with E-state index in [-0.39, 0.29) is 37.8 Å². The topological polar surface area (TPSA) is 192 Å². The van der Waals surface area contributed by atoms with Gasteiger partial charge in [-0.15, -0.1) is 0 Å². The molecule has 0 saturated heterocycles. The Bertz CT molecular complexity index is 1720. The number of hydrogen-bond donors (Lipinski definition) is 6. The molecule has 7 N–H and O–H groups in total. The van der Waals surface area contributed by atoms with Crippen LogP contribution in [0.2, 0.25) is 0 Å².